The zero-order valence-corrected chi connectivity index (χ0v) is 16.5. The molecule has 0 radical (unpaired) electrons. The van der Waals surface area contributed by atoms with E-state index >= 15 is 0 Å². The number of aliphatic imine (C=N–C) groups is 1. The molecule has 25 heavy (non-hydrogen) atoms. The Balaban J connectivity index is 0.00000312. The molecule has 142 valence electrons. The number of halogens is 4. The molecule has 0 saturated carbocycles. The number of alkyl halides is 2. The summed E-state index contributed by atoms with van der Waals surface area (Å²) in [6.07, 6.45) is 0.447. The summed E-state index contributed by atoms with van der Waals surface area (Å²) in [7, 11) is -1.58. The van der Waals surface area contributed by atoms with Crippen LogP contribution in [0.5, 0.6) is 5.75 Å². The van der Waals surface area contributed by atoms with Crippen molar-refractivity contribution in [2.24, 2.45) is 4.99 Å². The number of benzene rings is 1. The molecule has 1 unspecified atom stereocenters. The molecule has 11 heteroatoms. The Morgan fingerprint density at radius 3 is 2.72 bits per heavy atom. The Morgan fingerprint density at radius 1 is 1.44 bits per heavy atom. The van der Waals surface area contributed by atoms with Crippen LogP contribution in [0.3, 0.4) is 0 Å². The predicted octanol–water partition coefficient (Wildman–Crippen LogP) is 1.90. The summed E-state index contributed by atoms with van der Waals surface area (Å²) < 4.78 is 65.8. The molecule has 0 amide bonds. The van der Waals surface area contributed by atoms with E-state index in [4.69, 9.17) is 0 Å². The number of ether oxygens (including phenoxy) is 1. The summed E-state index contributed by atoms with van der Waals surface area (Å²) in [5.41, 5.74) is -0.0696. The van der Waals surface area contributed by atoms with Crippen molar-refractivity contribution in [1.82, 2.24) is 10.6 Å². The summed E-state index contributed by atoms with van der Waals surface area (Å²) in [5, 5.41) is 5.69. The van der Waals surface area contributed by atoms with Gasteiger partial charge in [0.1, 0.15) is 11.6 Å². The third-order valence-electron chi connectivity index (χ3n) is 3.52. The zero-order chi connectivity index (χ0) is 17.7. The Bertz CT molecular complexity index is 717. The number of guanidine groups is 1. The predicted molar refractivity (Wildman–Crippen MR) is 98.8 cm³/mol. The fourth-order valence-electron chi connectivity index (χ4n) is 2.39. The third kappa shape index (κ3) is 6.53. The molecule has 1 aliphatic rings. The van der Waals surface area contributed by atoms with Crippen molar-refractivity contribution in [2.75, 3.05) is 18.6 Å². The van der Waals surface area contributed by atoms with Crippen molar-refractivity contribution in [1.29, 1.82) is 0 Å². The lowest BCUT2D eigenvalue weighted by molar-refractivity contribution is -0.0506. The maximum atomic E-state index is 13.9. The van der Waals surface area contributed by atoms with Gasteiger partial charge in [-0.1, -0.05) is 6.07 Å². The molecule has 1 aromatic rings. The molecule has 0 aliphatic carbocycles. The van der Waals surface area contributed by atoms with E-state index in [0.717, 1.165) is 6.07 Å². The van der Waals surface area contributed by atoms with Crippen molar-refractivity contribution in [3.05, 3.63) is 29.6 Å². The summed E-state index contributed by atoms with van der Waals surface area (Å²) in [6, 6.07) is 3.35. The van der Waals surface area contributed by atoms with Gasteiger partial charge in [-0.15, -0.1) is 24.0 Å². The van der Waals surface area contributed by atoms with Crippen LogP contribution in [0.25, 0.3) is 0 Å². The van der Waals surface area contributed by atoms with Crippen LogP contribution in [0.4, 0.5) is 13.2 Å². The Kier molecular flexibility index (Phi) is 8.25. The van der Waals surface area contributed by atoms with E-state index < -0.39 is 22.3 Å². The van der Waals surface area contributed by atoms with Gasteiger partial charge < -0.3 is 15.4 Å². The Morgan fingerprint density at radius 2 is 2.16 bits per heavy atom. The summed E-state index contributed by atoms with van der Waals surface area (Å²) in [4.78, 5) is 3.92. The lowest BCUT2D eigenvalue weighted by Crippen LogP contribution is -2.43. The van der Waals surface area contributed by atoms with Crippen LogP contribution in [-0.4, -0.2) is 45.6 Å². The van der Waals surface area contributed by atoms with Crippen LogP contribution < -0.4 is 15.4 Å². The molecule has 1 saturated heterocycles. The quantitative estimate of drug-likeness (QED) is 0.372. The molecule has 1 aliphatic heterocycles. The molecule has 0 bridgehead atoms. The van der Waals surface area contributed by atoms with Gasteiger partial charge in [0.15, 0.2) is 15.8 Å². The molecule has 6 nitrogen and oxygen atoms in total. The zero-order valence-electron chi connectivity index (χ0n) is 13.3. The van der Waals surface area contributed by atoms with Gasteiger partial charge in [0.05, 0.1) is 11.5 Å². The number of hydrogen-bond donors (Lipinski definition) is 2. The van der Waals surface area contributed by atoms with E-state index in [1.54, 1.807) is 0 Å². The smallest absolute Gasteiger partial charge is 0.387 e. The highest BCUT2D eigenvalue weighted by Crippen LogP contribution is 2.23. The minimum Gasteiger partial charge on any atom is -0.434 e. The Hall–Kier alpha value is -1.24. The molecule has 1 aromatic carbocycles. The Labute approximate surface area is 161 Å². The minimum absolute atomic E-state index is 0. The van der Waals surface area contributed by atoms with Crippen molar-refractivity contribution in [3.63, 3.8) is 0 Å². The molecule has 0 spiro atoms. The van der Waals surface area contributed by atoms with Crippen LogP contribution in [0.2, 0.25) is 0 Å². The summed E-state index contributed by atoms with van der Waals surface area (Å²) in [5.74, 6) is -0.617. The largest absolute Gasteiger partial charge is 0.434 e. The molecule has 2 N–H and O–H groups in total. The van der Waals surface area contributed by atoms with Gasteiger partial charge in [-0.2, -0.15) is 8.78 Å². The number of nitrogens with zero attached hydrogens (tertiary/aromatic N) is 1. The average molecular weight is 493 g/mol. The van der Waals surface area contributed by atoms with Gasteiger partial charge >= 0.3 is 6.61 Å². The van der Waals surface area contributed by atoms with Gasteiger partial charge in [0.25, 0.3) is 0 Å². The average Bonchev–Trinajstić information content (AvgIpc) is 2.83. The number of rotatable bonds is 5. The highest BCUT2D eigenvalue weighted by molar-refractivity contribution is 14.0. The number of hydrogen-bond acceptors (Lipinski definition) is 4. The lowest BCUT2D eigenvalue weighted by atomic mass is 10.2. The first-order valence-corrected chi connectivity index (χ1v) is 9.02. The first-order chi connectivity index (χ1) is 11.3. The van der Waals surface area contributed by atoms with Crippen LogP contribution in [0, 0.1) is 5.82 Å². The monoisotopic (exact) mass is 493 g/mol. The maximum absolute atomic E-state index is 13.9. The van der Waals surface area contributed by atoms with E-state index in [0.29, 0.717) is 6.42 Å². The van der Waals surface area contributed by atoms with E-state index in [-0.39, 0.29) is 65.3 Å². The van der Waals surface area contributed by atoms with Gasteiger partial charge in [-0.05, 0) is 18.6 Å². The summed E-state index contributed by atoms with van der Waals surface area (Å²) in [6.45, 7) is -3.21. The molecule has 1 atom stereocenters. The lowest BCUT2D eigenvalue weighted by Gasteiger charge is -2.17. The van der Waals surface area contributed by atoms with Gasteiger partial charge in [-0.3, -0.25) is 4.99 Å². The molecule has 0 aromatic heterocycles. The molecular weight excluding hydrogens is 474 g/mol. The first kappa shape index (κ1) is 21.8. The van der Waals surface area contributed by atoms with Crippen molar-refractivity contribution in [2.45, 2.75) is 25.6 Å². The molecule has 1 heterocycles. The van der Waals surface area contributed by atoms with Gasteiger partial charge in [-0.25, -0.2) is 12.8 Å². The van der Waals surface area contributed by atoms with Crippen molar-refractivity contribution in [3.8, 4) is 5.75 Å². The third-order valence-corrected chi connectivity index (χ3v) is 5.29. The van der Waals surface area contributed by atoms with Crippen molar-refractivity contribution >= 4 is 39.8 Å². The van der Waals surface area contributed by atoms with Crippen LogP contribution >= 0.6 is 24.0 Å². The molecular formula is C14H19F3IN3O3S. The fourth-order valence-corrected chi connectivity index (χ4v) is 4.06. The standard InChI is InChI=1S/C14H18F3N3O3S.HI/c1-18-14(20-9-5-6-24(21,22)8-9)19-7-10-11(15)3-2-4-12(10)23-13(16)17;/h2-4,9,13H,5-8H2,1H3,(H2,18,19,20);1H. The first-order valence-electron chi connectivity index (χ1n) is 7.20. The van der Waals surface area contributed by atoms with E-state index in [9.17, 15) is 21.6 Å². The fraction of sp³-hybridized carbons (Fsp3) is 0.500. The van der Waals surface area contributed by atoms with Gasteiger partial charge in [0, 0.05) is 25.2 Å². The number of sulfone groups is 1. The molecule has 2 rings (SSSR count). The second-order valence-electron chi connectivity index (χ2n) is 5.27. The van der Waals surface area contributed by atoms with E-state index in [1.807, 2.05) is 0 Å². The second-order valence-corrected chi connectivity index (χ2v) is 7.49. The SMILES string of the molecule is CN=C(NCc1c(F)cccc1OC(F)F)NC1CCS(=O)(=O)C1.I. The number of nitrogens with one attached hydrogen (secondary N) is 2. The molecule has 1 fully saturated rings. The highest BCUT2D eigenvalue weighted by atomic mass is 127. The van der Waals surface area contributed by atoms with Crippen LogP contribution in [0.15, 0.2) is 23.2 Å². The van der Waals surface area contributed by atoms with E-state index in [2.05, 4.69) is 20.4 Å². The topological polar surface area (TPSA) is 79.8 Å². The second kappa shape index (κ2) is 9.46. The van der Waals surface area contributed by atoms with Crippen LogP contribution in [-0.2, 0) is 16.4 Å². The van der Waals surface area contributed by atoms with Crippen LogP contribution in [0.1, 0.15) is 12.0 Å². The normalized spacial score (nSPS) is 19.4. The van der Waals surface area contributed by atoms with Gasteiger partial charge in [0.2, 0.25) is 0 Å². The highest BCUT2D eigenvalue weighted by Gasteiger charge is 2.28. The van der Waals surface area contributed by atoms with E-state index in [1.165, 1.54) is 19.2 Å². The van der Waals surface area contributed by atoms with Crippen molar-refractivity contribution < 1.29 is 26.3 Å². The maximum Gasteiger partial charge on any atom is 0.387 e. The summed E-state index contributed by atoms with van der Waals surface area (Å²) >= 11 is 0. The minimum atomic E-state index is -3.06.